The van der Waals surface area contributed by atoms with Crippen molar-refractivity contribution in [3.05, 3.63) is 64.7 Å². The van der Waals surface area contributed by atoms with Crippen molar-refractivity contribution in [3.63, 3.8) is 0 Å². The highest BCUT2D eigenvalue weighted by molar-refractivity contribution is 5.95. The number of alkyl halides is 3. The fourth-order valence-corrected chi connectivity index (χ4v) is 4.30. The van der Waals surface area contributed by atoms with Gasteiger partial charge in [-0.1, -0.05) is 26.0 Å². The molecule has 1 unspecified atom stereocenters. The van der Waals surface area contributed by atoms with Crippen LogP contribution in [0, 0.1) is 0 Å². The number of hydrogen-bond acceptors (Lipinski definition) is 3. The molecule has 0 saturated heterocycles. The summed E-state index contributed by atoms with van der Waals surface area (Å²) in [5.41, 5.74) is 4.71. The summed E-state index contributed by atoms with van der Waals surface area (Å²) in [6, 6.07) is 10.4. The van der Waals surface area contributed by atoms with Crippen LogP contribution in [-0.4, -0.2) is 24.2 Å². The molecule has 0 saturated carbocycles. The number of carbonyl (C=O) groups excluding carboxylic acids is 1. The molecule has 0 spiro atoms. The van der Waals surface area contributed by atoms with E-state index in [1.807, 2.05) is 6.07 Å². The average Bonchev–Trinajstić information content (AvgIpc) is 2.70. The van der Waals surface area contributed by atoms with Gasteiger partial charge in [0.1, 0.15) is 0 Å². The maximum absolute atomic E-state index is 12.8. The highest BCUT2D eigenvalue weighted by atomic mass is 19.4. The molecule has 31 heavy (non-hydrogen) atoms. The van der Waals surface area contributed by atoms with E-state index < -0.39 is 17.6 Å². The molecule has 0 aromatic heterocycles. The van der Waals surface area contributed by atoms with Crippen molar-refractivity contribution < 1.29 is 18.0 Å². The van der Waals surface area contributed by atoms with Crippen LogP contribution in [0.4, 0.5) is 18.9 Å². The molecular weight excluding hydrogens is 403 g/mol. The number of hydrogen-bond donors (Lipinski definition) is 1. The van der Waals surface area contributed by atoms with Crippen LogP contribution in [0.5, 0.6) is 0 Å². The molecule has 1 heterocycles. The van der Waals surface area contributed by atoms with Gasteiger partial charge in [-0.2, -0.15) is 18.3 Å². The van der Waals surface area contributed by atoms with Gasteiger partial charge in [0.05, 0.1) is 11.8 Å². The molecule has 1 aliphatic rings. The Morgan fingerprint density at radius 1 is 1.26 bits per heavy atom. The minimum Gasteiger partial charge on any atom is -0.366 e. The van der Waals surface area contributed by atoms with E-state index in [-0.39, 0.29) is 11.1 Å². The SMILES string of the molecule is CCCN1c2ccc(/C=N\NC(=O)c3cccc(C(F)(F)F)c3)cc2C(C)CC1(C)C. The molecule has 3 rings (SSSR count). The van der Waals surface area contributed by atoms with E-state index in [1.165, 1.54) is 29.6 Å². The number of nitrogens with zero attached hydrogens (tertiary/aromatic N) is 2. The lowest BCUT2D eigenvalue weighted by molar-refractivity contribution is -0.137. The van der Waals surface area contributed by atoms with Crippen LogP contribution in [0.1, 0.15) is 73.5 Å². The third kappa shape index (κ3) is 5.09. The summed E-state index contributed by atoms with van der Waals surface area (Å²) in [6.07, 6.45) is -0.892. The Morgan fingerprint density at radius 2 is 2.00 bits per heavy atom. The van der Waals surface area contributed by atoms with Gasteiger partial charge in [0.2, 0.25) is 0 Å². The van der Waals surface area contributed by atoms with Crippen LogP contribution in [-0.2, 0) is 6.18 Å². The predicted octanol–water partition coefficient (Wildman–Crippen LogP) is 5.97. The van der Waals surface area contributed by atoms with Crippen LogP contribution in [0.2, 0.25) is 0 Å². The van der Waals surface area contributed by atoms with Gasteiger partial charge in [0, 0.05) is 23.3 Å². The second kappa shape index (κ2) is 8.73. The zero-order chi connectivity index (χ0) is 22.8. The third-order valence-electron chi connectivity index (χ3n) is 5.69. The largest absolute Gasteiger partial charge is 0.416 e. The van der Waals surface area contributed by atoms with E-state index in [4.69, 9.17) is 0 Å². The molecule has 166 valence electrons. The summed E-state index contributed by atoms with van der Waals surface area (Å²) in [6.45, 7) is 9.89. The first-order valence-electron chi connectivity index (χ1n) is 10.4. The molecule has 0 bridgehead atoms. The number of rotatable bonds is 5. The van der Waals surface area contributed by atoms with Crippen LogP contribution in [0.15, 0.2) is 47.6 Å². The number of benzene rings is 2. The molecule has 1 aliphatic heterocycles. The summed E-state index contributed by atoms with van der Waals surface area (Å²) < 4.78 is 38.5. The quantitative estimate of drug-likeness (QED) is 0.468. The zero-order valence-corrected chi connectivity index (χ0v) is 18.3. The predicted molar refractivity (Wildman–Crippen MR) is 118 cm³/mol. The lowest BCUT2D eigenvalue weighted by atomic mass is 9.79. The van der Waals surface area contributed by atoms with Gasteiger partial charge in [-0.25, -0.2) is 5.43 Å². The van der Waals surface area contributed by atoms with Gasteiger partial charge < -0.3 is 4.90 Å². The van der Waals surface area contributed by atoms with Crippen molar-refractivity contribution in [1.29, 1.82) is 0 Å². The van der Waals surface area contributed by atoms with E-state index >= 15 is 0 Å². The van der Waals surface area contributed by atoms with Crippen molar-refractivity contribution >= 4 is 17.8 Å². The van der Waals surface area contributed by atoms with E-state index in [0.717, 1.165) is 37.1 Å². The van der Waals surface area contributed by atoms with Crippen LogP contribution in [0.25, 0.3) is 0 Å². The summed E-state index contributed by atoms with van der Waals surface area (Å²) >= 11 is 0. The normalized spacial score (nSPS) is 18.2. The highest BCUT2D eigenvalue weighted by Crippen LogP contribution is 2.43. The molecule has 2 aromatic carbocycles. The summed E-state index contributed by atoms with van der Waals surface area (Å²) in [7, 11) is 0. The fraction of sp³-hybridized carbons (Fsp3) is 0.417. The molecular formula is C24H28F3N3O. The molecule has 7 heteroatoms. The van der Waals surface area contributed by atoms with Gasteiger partial charge in [-0.3, -0.25) is 4.79 Å². The third-order valence-corrected chi connectivity index (χ3v) is 5.69. The van der Waals surface area contributed by atoms with Crippen LogP contribution < -0.4 is 10.3 Å². The maximum Gasteiger partial charge on any atom is 0.416 e. The Kier molecular flexibility index (Phi) is 6.43. The Morgan fingerprint density at radius 3 is 2.68 bits per heavy atom. The molecule has 1 atom stereocenters. The molecule has 0 radical (unpaired) electrons. The van der Waals surface area contributed by atoms with E-state index in [1.54, 1.807) is 0 Å². The van der Waals surface area contributed by atoms with Crippen molar-refractivity contribution in [2.24, 2.45) is 5.10 Å². The van der Waals surface area contributed by atoms with Crippen LogP contribution >= 0.6 is 0 Å². The summed E-state index contributed by atoms with van der Waals surface area (Å²) in [5, 5.41) is 3.95. The fourth-order valence-electron chi connectivity index (χ4n) is 4.30. The Hall–Kier alpha value is -2.83. The monoisotopic (exact) mass is 431 g/mol. The second-order valence-corrected chi connectivity index (χ2v) is 8.67. The number of carbonyl (C=O) groups is 1. The molecule has 2 aromatic rings. The van der Waals surface area contributed by atoms with Crippen molar-refractivity contribution in [1.82, 2.24) is 5.43 Å². The Balaban J connectivity index is 1.76. The van der Waals surface area contributed by atoms with E-state index in [9.17, 15) is 18.0 Å². The van der Waals surface area contributed by atoms with E-state index in [2.05, 4.69) is 55.3 Å². The van der Waals surface area contributed by atoms with E-state index in [0.29, 0.717) is 5.92 Å². The smallest absolute Gasteiger partial charge is 0.366 e. The second-order valence-electron chi connectivity index (χ2n) is 8.67. The van der Waals surface area contributed by atoms with Crippen molar-refractivity contribution in [2.75, 3.05) is 11.4 Å². The highest BCUT2D eigenvalue weighted by Gasteiger charge is 2.35. The molecule has 1 N–H and O–H groups in total. The molecule has 4 nitrogen and oxygen atoms in total. The maximum atomic E-state index is 12.8. The van der Waals surface area contributed by atoms with Gasteiger partial charge in [-0.05, 0) is 74.1 Å². The molecule has 0 aliphatic carbocycles. The lowest BCUT2D eigenvalue weighted by Crippen LogP contribution is -2.48. The lowest BCUT2D eigenvalue weighted by Gasteiger charge is -2.47. The van der Waals surface area contributed by atoms with Gasteiger partial charge in [0.15, 0.2) is 0 Å². The standard InChI is InChI=1S/C24H28F3N3O/c1-5-11-30-21-10-9-17(12-20(21)16(2)14-23(30,3)4)15-28-29-22(31)18-7-6-8-19(13-18)24(25,26)27/h6-10,12-13,15-16H,5,11,14H2,1-4H3,(H,29,31)/b28-15-. The number of amides is 1. The first-order chi connectivity index (χ1) is 14.5. The van der Waals surface area contributed by atoms with Gasteiger partial charge in [-0.15, -0.1) is 0 Å². The van der Waals surface area contributed by atoms with Crippen LogP contribution in [0.3, 0.4) is 0 Å². The first-order valence-corrected chi connectivity index (χ1v) is 10.4. The number of hydrazone groups is 1. The van der Waals surface area contributed by atoms with Gasteiger partial charge in [0.25, 0.3) is 5.91 Å². The summed E-state index contributed by atoms with van der Waals surface area (Å²) in [4.78, 5) is 14.6. The number of fused-ring (bicyclic) bond motifs is 1. The minimum absolute atomic E-state index is 0.0803. The Bertz CT molecular complexity index is 982. The zero-order valence-electron chi connectivity index (χ0n) is 18.3. The molecule has 0 fully saturated rings. The molecule has 1 amide bonds. The first kappa shape index (κ1) is 22.8. The Labute approximate surface area is 181 Å². The topological polar surface area (TPSA) is 44.7 Å². The van der Waals surface area contributed by atoms with Crippen molar-refractivity contribution in [2.45, 2.75) is 58.2 Å². The number of halogens is 3. The van der Waals surface area contributed by atoms with Gasteiger partial charge >= 0.3 is 6.18 Å². The summed E-state index contributed by atoms with van der Waals surface area (Å²) in [5.74, 6) is -0.310. The number of nitrogens with one attached hydrogen (secondary N) is 1. The average molecular weight is 432 g/mol. The minimum atomic E-state index is -4.50. The number of anilines is 1. The van der Waals surface area contributed by atoms with Crippen molar-refractivity contribution in [3.8, 4) is 0 Å².